The van der Waals surface area contributed by atoms with Crippen LogP contribution in [0.5, 0.6) is 0 Å². The van der Waals surface area contributed by atoms with Crippen LogP contribution in [0.15, 0.2) is 0 Å². The van der Waals surface area contributed by atoms with Crippen LogP contribution in [0.25, 0.3) is 0 Å². The molecule has 0 saturated carbocycles. The third-order valence-electron chi connectivity index (χ3n) is 3.31. The van der Waals surface area contributed by atoms with Crippen LogP contribution in [0.2, 0.25) is 0 Å². The Labute approximate surface area is 145 Å². The molecule has 11 nitrogen and oxygen atoms in total. The Kier molecular flexibility index (Phi) is 9.64. The van der Waals surface area contributed by atoms with Gasteiger partial charge in [-0.15, -0.1) is 0 Å². The second-order valence-electron chi connectivity index (χ2n) is 5.85. The highest BCUT2D eigenvalue weighted by molar-refractivity contribution is 5.94. The van der Waals surface area contributed by atoms with Gasteiger partial charge in [-0.25, -0.2) is 0 Å². The number of carboxylic acids is 1. The first kappa shape index (κ1) is 22.8. The fourth-order valence-electron chi connectivity index (χ4n) is 1.70. The Morgan fingerprint density at radius 1 is 1.00 bits per heavy atom. The maximum atomic E-state index is 12.2. The predicted molar refractivity (Wildman–Crippen MR) is 86.1 cm³/mol. The van der Waals surface area contributed by atoms with Gasteiger partial charge in [-0.2, -0.15) is 0 Å². The first-order chi connectivity index (χ1) is 11.5. The fraction of sp³-hybridized carbons (Fsp3) is 0.714. The van der Waals surface area contributed by atoms with E-state index in [0.29, 0.717) is 0 Å². The first-order valence-corrected chi connectivity index (χ1v) is 7.66. The smallest absolute Gasteiger partial charge is 0.322 e. The van der Waals surface area contributed by atoms with E-state index >= 15 is 0 Å². The van der Waals surface area contributed by atoms with E-state index in [9.17, 15) is 29.4 Å². The number of aliphatic hydroxyl groups excluding tert-OH is 2. The van der Waals surface area contributed by atoms with Crippen LogP contribution in [-0.2, 0) is 19.2 Å². The van der Waals surface area contributed by atoms with Crippen LogP contribution in [0.4, 0.5) is 0 Å². The predicted octanol–water partition coefficient (Wildman–Crippen LogP) is -3.49. The summed E-state index contributed by atoms with van der Waals surface area (Å²) in [6, 6.07) is -3.75. The van der Waals surface area contributed by atoms with E-state index < -0.39 is 61.1 Å². The normalized spacial score (nSPS) is 15.6. The Morgan fingerprint density at radius 2 is 1.56 bits per heavy atom. The minimum Gasteiger partial charge on any atom is -0.480 e. The maximum Gasteiger partial charge on any atom is 0.322 e. The van der Waals surface area contributed by atoms with Crippen molar-refractivity contribution in [1.82, 2.24) is 16.0 Å². The minimum atomic E-state index is -1.44. The van der Waals surface area contributed by atoms with E-state index in [0.717, 1.165) is 0 Å². The van der Waals surface area contributed by atoms with Crippen LogP contribution in [0, 0.1) is 5.92 Å². The Morgan fingerprint density at radius 3 is 1.96 bits per heavy atom. The molecule has 3 amide bonds. The van der Waals surface area contributed by atoms with Crippen molar-refractivity contribution in [3.63, 3.8) is 0 Å². The summed E-state index contributed by atoms with van der Waals surface area (Å²) in [5.74, 6) is -4.01. The molecule has 0 aromatic rings. The van der Waals surface area contributed by atoms with Gasteiger partial charge in [0.2, 0.25) is 17.7 Å². The number of amides is 3. The molecule has 0 saturated heterocycles. The molecule has 0 aromatic heterocycles. The van der Waals surface area contributed by atoms with Gasteiger partial charge in [0, 0.05) is 0 Å². The first-order valence-electron chi connectivity index (χ1n) is 7.66. The van der Waals surface area contributed by atoms with Crippen LogP contribution < -0.4 is 21.7 Å². The molecule has 0 heterocycles. The van der Waals surface area contributed by atoms with Crippen molar-refractivity contribution in [3.8, 4) is 0 Å². The van der Waals surface area contributed by atoms with Gasteiger partial charge in [0.15, 0.2) is 0 Å². The number of aliphatic hydroxyl groups is 2. The van der Waals surface area contributed by atoms with Gasteiger partial charge >= 0.3 is 5.97 Å². The molecule has 25 heavy (non-hydrogen) atoms. The minimum absolute atomic E-state index is 0.204. The van der Waals surface area contributed by atoms with Crippen LogP contribution >= 0.6 is 0 Å². The Balaban J connectivity index is 4.94. The number of nitrogens with one attached hydrogen (secondary N) is 3. The van der Waals surface area contributed by atoms with Gasteiger partial charge < -0.3 is 37.0 Å². The van der Waals surface area contributed by atoms with E-state index in [1.54, 1.807) is 13.8 Å². The molecule has 4 atom stereocenters. The molecule has 0 radical (unpaired) electrons. The van der Waals surface area contributed by atoms with Crippen molar-refractivity contribution in [2.24, 2.45) is 11.7 Å². The molecular formula is C14H26N4O7. The third-order valence-corrected chi connectivity index (χ3v) is 3.31. The SMILES string of the molecule is CC(C)C(N)C(=O)NC(C(=O)NC(CO)C(=O)NCC(=O)O)C(C)O. The summed E-state index contributed by atoms with van der Waals surface area (Å²) >= 11 is 0. The van der Waals surface area contributed by atoms with Crippen molar-refractivity contribution in [3.05, 3.63) is 0 Å². The Hall–Kier alpha value is -2.24. The van der Waals surface area contributed by atoms with Crippen LogP contribution in [-0.4, -0.2) is 76.4 Å². The summed E-state index contributed by atoms with van der Waals surface area (Å²) in [5, 5.41) is 33.8. The fourth-order valence-corrected chi connectivity index (χ4v) is 1.70. The van der Waals surface area contributed by atoms with Gasteiger partial charge in [0.05, 0.1) is 18.8 Å². The lowest BCUT2D eigenvalue weighted by atomic mass is 10.0. The van der Waals surface area contributed by atoms with Crippen molar-refractivity contribution in [2.45, 2.75) is 45.0 Å². The van der Waals surface area contributed by atoms with Crippen molar-refractivity contribution < 1.29 is 34.5 Å². The number of aliphatic carboxylic acids is 1. The lowest BCUT2D eigenvalue weighted by Crippen LogP contribution is -2.60. The van der Waals surface area contributed by atoms with E-state index in [-0.39, 0.29) is 5.92 Å². The highest BCUT2D eigenvalue weighted by atomic mass is 16.4. The average molecular weight is 362 g/mol. The van der Waals surface area contributed by atoms with Gasteiger partial charge in [-0.1, -0.05) is 13.8 Å². The standard InChI is InChI=1S/C14H26N4O7/c1-6(2)10(15)13(24)18-11(7(3)20)14(25)17-8(5-19)12(23)16-4-9(21)22/h6-8,10-11,19-20H,4-5,15H2,1-3H3,(H,16,23)(H,17,25)(H,18,24)(H,21,22). The van der Waals surface area contributed by atoms with E-state index in [1.807, 2.05) is 5.32 Å². The van der Waals surface area contributed by atoms with E-state index in [4.69, 9.17) is 10.8 Å². The topological polar surface area (TPSA) is 191 Å². The molecule has 0 aliphatic heterocycles. The van der Waals surface area contributed by atoms with Crippen LogP contribution in [0.3, 0.4) is 0 Å². The molecule has 0 aliphatic rings. The monoisotopic (exact) mass is 362 g/mol. The van der Waals surface area contributed by atoms with Gasteiger partial charge in [0.25, 0.3) is 0 Å². The molecule has 8 N–H and O–H groups in total. The van der Waals surface area contributed by atoms with E-state index in [2.05, 4.69) is 10.6 Å². The Bertz CT molecular complexity index is 496. The van der Waals surface area contributed by atoms with Gasteiger partial charge in [-0.3, -0.25) is 19.2 Å². The zero-order chi connectivity index (χ0) is 19.7. The summed E-state index contributed by atoms with van der Waals surface area (Å²) in [4.78, 5) is 46.3. The molecule has 0 rings (SSSR count). The number of carbonyl (C=O) groups is 4. The molecule has 0 aliphatic carbocycles. The summed E-state index contributed by atoms with van der Waals surface area (Å²) in [6.45, 7) is 3.17. The number of rotatable bonds is 10. The molecule has 144 valence electrons. The number of carboxylic acid groups (broad SMARTS) is 1. The van der Waals surface area contributed by atoms with Crippen LogP contribution in [0.1, 0.15) is 20.8 Å². The summed E-state index contributed by atoms with van der Waals surface area (Å²) in [7, 11) is 0. The highest BCUT2D eigenvalue weighted by Gasteiger charge is 2.31. The van der Waals surface area contributed by atoms with Crippen molar-refractivity contribution in [2.75, 3.05) is 13.2 Å². The van der Waals surface area contributed by atoms with Gasteiger partial charge in [-0.05, 0) is 12.8 Å². The second-order valence-corrected chi connectivity index (χ2v) is 5.85. The molecule has 0 fully saturated rings. The van der Waals surface area contributed by atoms with Gasteiger partial charge in [0.1, 0.15) is 18.6 Å². The molecule has 0 spiro atoms. The molecule has 4 unspecified atom stereocenters. The quantitative estimate of drug-likeness (QED) is 0.208. The number of hydrogen-bond acceptors (Lipinski definition) is 7. The van der Waals surface area contributed by atoms with E-state index in [1.165, 1.54) is 6.92 Å². The molecule has 11 heteroatoms. The summed E-state index contributed by atoms with van der Waals surface area (Å²) < 4.78 is 0. The largest absolute Gasteiger partial charge is 0.480 e. The van der Waals surface area contributed by atoms with Crippen molar-refractivity contribution in [1.29, 1.82) is 0 Å². The summed E-state index contributed by atoms with van der Waals surface area (Å²) in [5.41, 5.74) is 5.67. The molecule has 0 bridgehead atoms. The number of carbonyl (C=O) groups excluding carboxylic acids is 3. The number of hydrogen-bond donors (Lipinski definition) is 7. The molecular weight excluding hydrogens is 336 g/mol. The third kappa shape index (κ3) is 7.92. The maximum absolute atomic E-state index is 12.2. The number of nitrogens with two attached hydrogens (primary N) is 1. The lowest BCUT2D eigenvalue weighted by Gasteiger charge is -2.25. The summed E-state index contributed by atoms with van der Waals surface area (Å²) in [6.07, 6.45) is -1.30. The average Bonchev–Trinajstić information content (AvgIpc) is 2.53. The van der Waals surface area contributed by atoms with Crippen molar-refractivity contribution >= 4 is 23.7 Å². The lowest BCUT2D eigenvalue weighted by molar-refractivity contribution is -0.139. The molecule has 0 aromatic carbocycles. The zero-order valence-corrected chi connectivity index (χ0v) is 14.4. The highest BCUT2D eigenvalue weighted by Crippen LogP contribution is 2.01. The second kappa shape index (κ2) is 10.6. The zero-order valence-electron chi connectivity index (χ0n) is 14.4.